The Balaban J connectivity index is 1.82. The molecule has 1 aliphatic rings. The van der Waals surface area contributed by atoms with Crippen LogP contribution in [-0.4, -0.2) is 34.0 Å². The van der Waals surface area contributed by atoms with Crippen LogP contribution in [0, 0.1) is 0 Å². The van der Waals surface area contributed by atoms with Gasteiger partial charge in [0.1, 0.15) is 6.10 Å². The molecule has 1 aliphatic heterocycles. The molecule has 3 rings (SSSR count). The lowest BCUT2D eigenvalue weighted by molar-refractivity contribution is 0.214. The fourth-order valence-corrected chi connectivity index (χ4v) is 2.15. The van der Waals surface area contributed by atoms with Crippen molar-refractivity contribution in [3.05, 3.63) is 30.5 Å². The normalized spacial score (nSPS) is 19.1. The van der Waals surface area contributed by atoms with Crippen molar-refractivity contribution in [2.75, 3.05) is 13.1 Å². The molecule has 0 saturated carbocycles. The summed E-state index contributed by atoms with van der Waals surface area (Å²) in [6, 6.07) is 7.78. The molecule has 1 N–H and O–H groups in total. The summed E-state index contributed by atoms with van der Waals surface area (Å²) in [7, 11) is 1.91. The first-order valence-electron chi connectivity index (χ1n) is 6.16. The monoisotopic (exact) mass is 244 g/mol. The van der Waals surface area contributed by atoms with E-state index < -0.39 is 0 Å². The highest BCUT2D eigenvalue weighted by molar-refractivity contribution is 5.54. The van der Waals surface area contributed by atoms with Crippen LogP contribution in [0.1, 0.15) is 6.42 Å². The third kappa shape index (κ3) is 2.22. The maximum absolute atomic E-state index is 5.85. The maximum atomic E-state index is 5.85. The number of hydrogen-bond donors (Lipinski definition) is 1. The number of aryl methyl sites for hydroxylation is 1. The molecule has 2 aromatic rings. The average molecular weight is 244 g/mol. The molecule has 0 radical (unpaired) electrons. The zero-order chi connectivity index (χ0) is 12.4. The van der Waals surface area contributed by atoms with Gasteiger partial charge >= 0.3 is 0 Å². The van der Waals surface area contributed by atoms with Crippen LogP contribution in [0.15, 0.2) is 30.5 Å². The summed E-state index contributed by atoms with van der Waals surface area (Å²) in [6.45, 7) is 1.92. The molecule has 5 heteroatoms. The van der Waals surface area contributed by atoms with E-state index in [-0.39, 0.29) is 6.10 Å². The van der Waals surface area contributed by atoms with Crippen LogP contribution in [0.4, 0.5) is 0 Å². The standard InChI is InChI=1S/C13H16N4O/c1-17-12(6-8-15-17)11-3-2-4-13(16-11)18-10-5-7-14-9-10/h2-4,6,8,10,14H,5,7,9H2,1H3. The Hall–Kier alpha value is -1.88. The molecule has 0 spiro atoms. The molecule has 18 heavy (non-hydrogen) atoms. The lowest BCUT2D eigenvalue weighted by Gasteiger charge is -2.12. The van der Waals surface area contributed by atoms with Gasteiger partial charge in [0, 0.05) is 25.9 Å². The summed E-state index contributed by atoms with van der Waals surface area (Å²) in [6.07, 6.45) is 3.04. The lowest BCUT2D eigenvalue weighted by Crippen LogP contribution is -2.20. The minimum Gasteiger partial charge on any atom is -0.473 e. The molecule has 3 heterocycles. The van der Waals surface area contributed by atoms with Crippen molar-refractivity contribution < 1.29 is 4.74 Å². The van der Waals surface area contributed by atoms with Gasteiger partial charge in [0.2, 0.25) is 5.88 Å². The summed E-state index contributed by atoms with van der Waals surface area (Å²) in [5.41, 5.74) is 1.88. The van der Waals surface area contributed by atoms with Gasteiger partial charge in [-0.3, -0.25) is 4.68 Å². The minimum atomic E-state index is 0.235. The first-order valence-corrected chi connectivity index (χ1v) is 6.16. The van der Waals surface area contributed by atoms with Crippen molar-refractivity contribution in [2.45, 2.75) is 12.5 Å². The number of nitrogens with one attached hydrogen (secondary N) is 1. The Labute approximate surface area is 106 Å². The molecule has 1 fully saturated rings. The Morgan fingerprint density at radius 1 is 1.39 bits per heavy atom. The largest absolute Gasteiger partial charge is 0.473 e. The van der Waals surface area contributed by atoms with E-state index in [4.69, 9.17) is 4.74 Å². The number of ether oxygens (including phenoxy) is 1. The smallest absolute Gasteiger partial charge is 0.214 e. The topological polar surface area (TPSA) is 52.0 Å². The van der Waals surface area contributed by atoms with Crippen molar-refractivity contribution in [1.82, 2.24) is 20.1 Å². The van der Waals surface area contributed by atoms with Gasteiger partial charge in [0.15, 0.2) is 0 Å². The molecule has 0 amide bonds. The second kappa shape index (κ2) is 4.78. The van der Waals surface area contributed by atoms with Crippen molar-refractivity contribution in [3.63, 3.8) is 0 Å². The molecule has 1 unspecified atom stereocenters. The fourth-order valence-electron chi connectivity index (χ4n) is 2.15. The van der Waals surface area contributed by atoms with Crippen molar-refractivity contribution in [2.24, 2.45) is 7.05 Å². The van der Waals surface area contributed by atoms with Gasteiger partial charge in [-0.25, -0.2) is 4.98 Å². The number of rotatable bonds is 3. The highest BCUT2D eigenvalue weighted by Gasteiger charge is 2.16. The quantitative estimate of drug-likeness (QED) is 0.882. The number of pyridine rings is 1. The molecule has 0 aliphatic carbocycles. The van der Waals surface area contributed by atoms with E-state index >= 15 is 0 Å². The predicted octanol–water partition coefficient (Wildman–Crippen LogP) is 1.22. The molecule has 0 bridgehead atoms. The summed E-state index contributed by atoms with van der Waals surface area (Å²) in [4.78, 5) is 4.53. The van der Waals surface area contributed by atoms with E-state index in [0.717, 1.165) is 30.9 Å². The van der Waals surface area contributed by atoms with Gasteiger partial charge in [-0.2, -0.15) is 5.10 Å². The summed E-state index contributed by atoms with van der Waals surface area (Å²) in [5.74, 6) is 0.683. The molecule has 1 atom stereocenters. The maximum Gasteiger partial charge on any atom is 0.214 e. The minimum absolute atomic E-state index is 0.235. The van der Waals surface area contributed by atoms with Crippen LogP contribution in [0.2, 0.25) is 0 Å². The first kappa shape index (κ1) is 11.2. The van der Waals surface area contributed by atoms with Gasteiger partial charge < -0.3 is 10.1 Å². The van der Waals surface area contributed by atoms with Gasteiger partial charge in [0.05, 0.1) is 11.4 Å². The van der Waals surface area contributed by atoms with E-state index in [1.165, 1.54) is 0 Å². The SMILES string of the molecule is Cn1nccc1-c1cccc(OC2CCNC2)n1. The van der Waals surface area contributed by atoms with Crippen molar-refractivity contribution >= 4 is 0 Å². The van der Waals surface area contributed by atoms with Crippen LogP contribution in [-0.2, 0) is 7.05 Å². The highest BCUT2D eigenvalue weighted by atomic mass is 16.5. The second-order valence-electron chi connectivity index (χ2n) is 4.43. The van der Waals surface area contributed by atoms with Gasteiger partial charge in [-0.15, -0.1) is 0 Å². The van der Waals surface area contributed by atoms with Gasteiger partial charge in [-0.1, -0.05) is 6.07 Å². The van der Waals surface area contributed by atoms with Crippen LogP contribution in [0.25, 0.3) is 11.4 Å². The summed E-state index contributed by atoms with van der Waals surface area (Å²) < 4.78 is 7.66. The number of nitrogens with zero attached hydrogens (tertiary/aromatic N) is 3. The fraction of sp³-hybridized carbons (Fsp3) is 0.385. The number of hydrogen-bond acceptors (Lipinski definition) is 4. The summed E-state index contributed by atoms with van der Waals surface area (Å²) >= 11 is 0. The van der Waals surface area contributed by atoms with Gasteiger partial charge in [0.25, 0.3) is 0 Å². The van der Waals surface area contributed by atoms with E-state index in [2.05, 4.69) is 15.4 Å². The molecular weight excluding hydrogens is 228 g/mol. The Bertz CT molecular complexity index is 531. The van der Waals surface area contributed by atoms with E-state index in [9.17, 15) is 0 Å². The zero-order valence-electron chi connectivity index (χ0n) is 10.3. The molecule has 5 nitrogen and oxygen atoms in total. The molecule has 0 aromatic carbocycles. The Morgan fingerprint density at radius 3 is 3.06 bits per heavy atom. The van der Waals surface area contributed by atoms with E-state index in [1.54, 1.807) is 6.20 Å². The Morgan fingerprint density at radius 2 is 2.33 bits per heavy atom. The van der Waals surface area contributed by atoms with Gasteiger partial charge in [-0.05, 0) is 25.1 Å². The molecule has 1 saturated heterocycles. The van der Waals surface area contributed by atoms with Crippen molar-refractivity contribution in [1.29, 1.82) is 0 Å². The molecular formula is C13H16N4O. The predicted molar refractivity (Wildman–Crippen MR) is 68.3 cm³/mol. The molecule has 94 valence electrons. The second-order valence-corrected chi connectivity index (χ2v) is 4.43. The first-order chi connectivity index (χ1) is 8.83. The van der Waals surface area contributed by atoms with Crippen LogP contribution >= 0.6 is 0 Å². The third-order valence-electron chi connectivity index (χ3n) is 3.11. The third-order valence-corrected chi connectivity index (χ3v) is 3.11. The van der Waals surface area contributed by atoms with Crippen LogP contribution < -0.4 is 10.1 Å². The Kier molecular flexibility index (Phi) is 2.98. The average Bonchev–Trinajstić information content (AvgIpc) is 3.01. The van der Waals surface area contributed by atoms with Crippen molar-refractivity contribution in [3.8, 4) is 17.3 Å². The number of aromatic nitrogens is 3. The van der Waals surface area contributed by atoms with Crippen LogP contribution in [0.3, 0.4) is 0 Å². The molecule has 2 aromatic heterocycles. The summed E-state index contributed by atoms with van der Waals surface area (Å²) in [5, 5.41) is 7.43. The lowest BCUT2D eigenvalue weighted by atomic mass is 10.2. The van der Waals surface area contributed by atoms with E-state index in [1.807, 2.05) is 36.0 Å². The van der Waals surface area contributed by atoms with E-state index in [0.29, 0.717) is 5.88 Å². The highest BCUT2D eigenvalue weighted by Crippen LogP contribution is 2.20. The zero-order valence-corrected chi connectivity index (χ0v) is 10.3. The van der Waals surface area contributed by atoms with Crippen LogP contribution in [0.5, 0.6) is 5.88 Å².